The SMILES string of the molecule is Cc1cnc(N)n1Cc1cc(Cl)cs1. The number of nitrogens with two attached hydrogens (primary N) is 1. The van der Waals surface area contributed by atoms with E-state index in [2.05, 4.69) is 4.98 Å². The van der Waals surface area contributed by atoms with Crippen LogP contribution in [0.2, 0.25) is 5.02 Å². The molecule has 14 heavy (non-hydrogen) atoms. The zero-order valence-corrected chi connectivity index (χ0v) is 9.27. The first-order valence-electron chi connectivity index (χ1n) is 4.17. The largest absolute Gasteiger partial charge is 0.369 e. The molecule has 0 unspecified atom stereocenters. The van der Waals surface area contributed by atoms with Crippen LogP contribution in [-0.2, 0) is 6.54 Å². The molecule has 0 radical (unpaired) electrons. The van der Waals surface area contributed by atoms with Crippen LogP contribution in [0.3, 0.4) is 0 Å². The Kier molecular flexibility index (Phi) is 2.48. The van der Waals surface area contributed by atoms with Crippen LogP contribution >= 0.6 is 22.9 Å². The van der Waals surface area contributed by atoms with Crippen LogP contribution < -0.4 is 5.73 Å². The highest BCUT2D eigenvalue weighted by Crippen LogP contribution is 2.21. The molecule has 0 fully saturated rings. The highest BCUT2D eigenvalue weighted by molar-refractivity contribution is 7.10. The summed E-state index contributed by atoms with van der Waals surface area (Å²) in [5, 5.41) is 2.70. The summed E-state index contributed by atoms with van der Waals surface area (Å²) in [6, 6.07) is 1.95. The molecule has 2 heterocycles. The Bertz CT molecular complexity index is 427. The Balaban J connectivity index is 2.26. The van der Waals surface area contributed by atoms with Crippen LogP contribution in [0.1, 0.15) is 10.6 Å². The molecule has 0 saturated carbocycles. The molecule has 0 atom stereocenters. The van der Waals surface area contributed by atoms with E-state index in [9.17, 15) is 0 Å². The standard InChI is InChI=1S/C9H10ClN3S/c1-6-3-12-9(11)13(6)4-8-2-7(10)5-14-8/h2-3,5H,4H2,1H3,(H2,11,12). The third kappa shape index (κ3) is 1.76. The lowest BCUT2D eigenvalue weighted by Crippen LogP contribution is -2.04. The molecule has 0 aliphatic heterocycles. The summed E-state index contributed by atoms with van der Waals surface area (Å²) in [7, 11) is 0. The third-order valence-corrected chi connectivity index (χ3v) is 3.29. The molecule has 0 aliphatic carbocycles. The van der Waals surface area contributed by atoms with E-state index in [0.717, 1.165) is 17.3 Å². The molecule has 5 heteroatoms. The molecule has 74 valence electrons. The van der Waals surface area contributed by atoms with Crippen molar-refractivity contribution >= 4 is 28.9 Å². The summed E-state index contributed by atoms with van der Waals surface area (Å²) >= 11 is 7.46. The van der Waals surface area contributed by atoms with E-state index < -0.39 is 0 Å². The summed E-state index contributed by atoms with van der Waals surface area (Å²) in [5.41, 5.74) is 6.78. The Morgan fingerprint density at radius 2 is 2.43 bits per heavy atom. The number of aromatic nitrogens is 2. The van der Waals surface area contributed by atoms with Crippen molar-refractivity contribution in [3.63, 3.8) is 0 Å². The van der Waals surface area contributed by atoms with Gasteiger partial charge in [-0.15, -0.1) is 11.3 Å². The number of rotatable bonds is 2. The molecular formula is C9H10ClN3S. The first-order chi connectivity index (χ1) is 6.66. The van der Waals surface area contributed by atoms with Crippen LogP contribution in [0.15, 0.2) is 17.6 Å². The van der Waals surface area contributed by atoms with E-state index >= 15 is 0 Å². The molecule has 0 amide bonds. The van der Waals surface area contributed by atoms with Gasteiger partial charge in [0.1, 0.15) is 0 Å². The van der Waals surface area contributed by atoms with Gasteiger partial charge in [-0.05, 0) is 13.0 Å². The van der Waals surface area contributed by atoms with Crippen molar-refractivity contribution in [2.75, 3.05) is 5.73 Å². The van der Waals surface area contributed by atoms with Gasteiger partial charge in [0.2, 0.25) is 5.95 Å². The van der Waals surface area contributed by atoms with Gasteiger partial charge >= 0.3 is 0 Å². The van der Waals surface area contributed by atoms with Gasteiger partial charge in [0.15, 0.2) is 0 Å². The van der Waals surface area contributed by atoms with Gasteiger partial charge in [-0.2, -0.15) is 0 Å². The molecule has 0 aliphatic rings. The molecule has 2 rings (SSSR count). The van der Waals surface area contributed by atoms with Crippen LogP contribution in [0.5, 0.6) is 0 Å². The van der Waals surface area contributed by atoms with E-state index in [4.69, 9.17) is 17.3 Å². The van der Waals surface area contributed by atoms with Crippen LogP contribution in [0, 0.1) is 6.92 Å². The Hall–Kier alpha value is -1.000. The van der Waals surface area contributed by atoms with Gasteiger partial charge in [0.05, 0.1) is 17.8 Å². The number of aryl methyl sites for hydroxylation is 1. The number of halogens is 1. The highest BCUT2D eigenvalue weighted by Gasteiger charge is 2.05. The number of hydrogen-bond acceptors (Lipinski definition) is 3. The lowest BCUT2D eigenvalue weighted by atomic mass is 10.4. The van der Waals surface area contributed by atoms with Gasteiger partial charge < -0.3 is 10.3 Å². The predicted molar refractivity (Wildman–Crippen MR) is 59.8 cm³/mol. The van der Waals surface area contributed by atoms with Crippen LogP contribution in [-0.4, -0.2) is 9.55 Å². The van der Waals surface area contributed by atoms with E-state index in [1.807, 2.05) is 22.9 Å². The van der Waals surface area contributed by atoms with E-state index in [0.29, 0.717) is 5.95 Å². The van der Waals surface area contributed by atoms with E-state index in [-0.39, 0.29) is 0 Å². The van der Waals surface area contributed by atoms with Gasteiger partial charge in [-0.3, -0.25) is 0 Å². The van der Waals surface area contributed by atoms with Crippen molar-refractivity contribution in [1.29, 1.82) is 0 Å². The summed E-state index contributed by atoms with van der Waals surface area (Å²) in [6.07, 6.45) is 1.77. The van der Waals surface area contributed by atoms with Crippen molar-refractivity contribution in [3.05, 3.63) is 33.2 Å². The number of thiophene rings is 1. The number of nitrogen functional groups attached to an aromatic ring is 1. The quantitative estimate of drug-likeness (QED) is 0.857. The number of hydrogen-bond donors (Lipinski definition) is 1. The predicted octanol–water partition coefficient (Wildman–Crippen LogP) is 2.54. The molecule has 2 aromatic rings. The molecule has 2 aromatic heterocycles. The molecule has 0 saturated heterocycles. The fourth-order valence-corrected chi connectivity index (χ4v) is 2.34. The van der Waals surface area contributed by atoms with Crippen LogP contribution in [0.25, 0.3) is 0 Å². The molecular weight excluding hydrogens is 218 g/mol. The third-order valence-electron chi connectivity index (χ3n) is 2.02. The first-order valence-corrected chi connectivity index (χ1v) is 5.43. The van der Waals surface area contributed by atoms with Crippen LogP contribution in [0.4, 0.5) is 5.95 Å². The number of imidazole rings is 1. The van der Waals surface area contributed by atoms with Gasteiger partial charge in [-0.1, -0.05) is 11.6 Å². The summed E-state index contributed by atoms with van der Waals surface area (Å²) < 4.78 is 1.96. The monoisotopic (exact) mass is 227 g/mol. The maximum Gasteiger partial charge on any atom is 0.200 e. The van der Waals surface area contributed by atoms with Crippen molar-refractivity contribution < 1.29 is 0 Å². The number of nitrogens with zero attached hydrogens (tertiary/aromatic N) is 2. The average molecular weight is 228 g/mol. The normalized spacial score (nSPS) is 10.7. The van der Waals surface area contributed by atoms with Crippen molar-refractivity contribution in [1.82, 2.24) is 9.55 Å². The Labute approximate surface area is 91.1 Å². The second-order valence-corrected chi connectivity index (χ2v) is 4.51. The minimum atomic E-state index is 0.548. The van der Waals surface area contributed by atoms with E-state index in [1.54, 1.807) is 17.5 Å². The average Bonchev–Trinajstić information content (AvgIpc) is 2.67. The number of anilines is 1. The molecule has 2 N–H and O–H groups in total. The maximum absolute atomic E-state index is 5.83. The topological polar surface area (TPSA) is 43.8 Å². The minimum absolute atomic E-state index is 0.548. The fourth-order valence-electron chi connectivity index (χ4n) is 1.28. The van der Waals surface area contributed by atoms with Gasteiger partial charge in [0.25, 0.3) is 0 Å². The maximum atomic E-state index is 5.83. The molecule has 0 bridgehead atoms. The zero-order chi connectivity index (χ0) is 10.1. The summed E-state index contributed by atoms with van der Waals surface area (Å²) in [6.45, 7) is 2.73. The van der Waals surface area contributed by atoms with Crippen molar-refractivity contribution in [3.8, 4) is 0 Å². The first kappa shape index (κ1) is 9.55. The summed E-state index contributed by atoms with van der Waals surface area (Å²) in [5.74, 6) is 0.548. The fraction of sp³-hybridized carbons (Fsp3) is 0.222. The summed E-state index contributed by atoms with van der Waals surface area (Å²) in [4.78, 5) is 5.21. The zero-order valence-electron chi connectivity index (χ0n) is 7.70. The molecule has 3 nitrogen and oxygen atoms in total. The molecule has 0 spiro atoms. The lowest BCUT2D eigenvalue weighted by molar-refractivity contribution is 0.794. The van der Waals surface area contributed by atoms with Crippen molar-refractivity contribution in [2.24, 2.45) is 0 Å². The van der Waals surface area contributed by atoms with Crippen molar-refractivity contribution in [2.45, 2.75) is 13.5 Å². The van der Waals surface area contributed by atoms with Gasteiger partial charge in [-0.25, -0.2) is 4.98 Å². The van der Waals surface area contributed by atoms with E-state index in [1.165, 1.54) is 4.88 Å². The second-order valence-electron chi connectivity index (χ2n) is 3.08. The lowest BCUT2D eigenvalue weighted by Gasteiger charge is -2.04. The second kappa shape index (κ2) is 3.63. The smallest absolute Gasteiger partial charge is 0.200 e. The Morgan fingerprint density at radius 1 is 1.64 bits per heavy atom. The molecule has 0 aromatic carbocycles. The Morgan fingerprint density at radius 3 is 2.93 bits per heavy atom. The highest BCUT2D eigenvalue weighted by atomic mass is 35.5. The minimum Gasteiger partial charge on any atom is -0.369 e. The van der Waals surface area contributed by atoms with Gasteiger partial charge in [0, 0.05) is 16.0 Å².